The summed E-state index contributed by atoms with van der Waals surface area (Å²) in [5, 5.41) is 11.7. The molecule has 0 bridgehead atoms. The van der Waals surface area contributed by atoms with Gasteiger partial charge in [0.1, 0.15) is 6.61 Å². The molecule has 0 spiro atoms. The van der Waals surface area contributed by atoms with E-state index in [1.54, 1.807) is 0 Å². The maximum absolute atomic E-state index is 9.69. The van der Waals surface area contributed by atoms with Crippen molar-refractivity contribution in [1.82, 2.24) is 0 Å². The van der Waals surface area contributed by atoms with Gasteiger partial charge in [-0.3, -0.25) is 0 Å². The fourth-order valence-corrected chi connectivity index (χ4v) is 1.59. The van der Waals surface area contributed by atoms with Crippen molar-refractivity contribution in [2.45, 2.75) is 6.42 Å². The van der Waals surface area contributed by atoms with Crippen LogP contribution in [0.4, 0.5) is 16.2 Å². The summed E-state index contributed by atoms with van der Waals surface area (Å²) in [5.74, 6) is 0.290. The quantitative estimate of drug-likeness (QED) is 0.297. The molecule has 5 nitrogen and oxygen atoms in total. The first kappa shape index (κ1) is 23.1. The number of carbonyl (C=O) groups is 1. The zero-order valence-electron chi connectivity index (χ0n) is 13.9. The van der Waals surface area contributed by atoms with E-state index < -0.39 is 5.43 Å². The van der Waals surface area contributed by atoms with Crippen LogP contribution in [0.5, 0.6) is 0 Å². The lowest BCUT2D eigenvalue weighted by Crippen LogP contribution is -2.02. The van der Waals surface area contributed by atoms with Gasteiger partial charge in [-0.25, -0.2) is 4.79 Å². The molecule has 0 atom stereocenters. The van der Waals surface area contributed by atoms with Crippen molar-refractivity contribution in [3.63, 3.8) is 0 Å². The molecule has 2 rings (SSSR count). The first-order valence-electron chi connectivity index (χ1n) is 7.68. The molecule has 0 unspecified atom stereocenters. The highest BCUT2D eigenvalue weighted by molar-refractivity contribution is 6.61. The zero-order valence-corrected chi connectivity index (χ0v) is 15.4. The lowest BCUT2D eigenvalue weighted by atomic mass is 10.3. The minimum atomic E-state index is -0.805. The third-order valence-corrected chi connectivity index (χ3v) is 2.79. The van der Waals surface area contributed by atoms with Crippen molar-refractivity contribution in [3.05, 3.63) is 60.7 Å². The molecule has 25 heavy (non-hydrogen) atoms. The number of rotatable bonds is 6. The Kier molecular flexibility index (Phi) is 15.6. The Morgan fingerprint density at radius 2 is 1.64 bits per heavy atom. The highest BCUT2D eigenvalue weighted by Crippen LogP contribution is 2.03. The smallest absolute Gasteiger partial charge is 0.403 e. The molecular weight excluding hydrogens is 363 g/mol. The summed E-state index contributed by atoms with van der Waals surface area (Å²) in [4.78, 5) is 9.69. The molecule has 4 N–H and O–H groups in total. The Bertz CT molecular complexity index is 543. The van der Waals surface area contributed by atoms with Gasteiger partial charge in [0.2, 0.25) is 0 Å². The second-order valence-electron chi connectivity index (χ2n) is 4.56. The number of para-hydroxylation sites is 2. The number of carbonyl (C=O) groups excluding carboxylic acids is 1. The molecule has 0 fully saturated rings. The summed E-state index contributed by atoms with van der Waals surface area (Å²) >= 11 is 9.85. The number of benzene rings is 2. The van der Waals surface area contributed by atoms with Crippen LogP contribution in [-0.4, -0.2) is 36.2 Å². The zero-order chi connectivity index (χ0) is 18.8. The van der Waals surface area contributed by atoms with Crippen molar-refractivity contribution in [2.75, 3.05) is 36.7 Å². The lowest BCUT2D eigenvalue weighted by molar-refractivity contribution is 0.180. The maximum atomic E-state index is 9.69. The molecular formula is C18H24Cl2N2O3. The van der Waals surface area contributed by atoms with Crippen molar-refractivity contribution >= 4 is 40.0 Å². The highest BCUT2D eigenvalue weighted by Gasteiger charge is 1.90. The highest BCUT2D eigenvalue weighted by atomic mass is 35.5. The van der Waals surface area contributed by atoms with E-state index in [2.05, 4.69) is 10.1 Å². The molecule has 0 saturated heterocycles. The summed E-state index contributed by atoms with van der Waals surface area (Å²) < 4.78 is 4.19. The van der Waals surface area contributed by atoms with E-state index in [0.29, 0.717) is 5.88 Å². The van der Waals surface area contributed by atoms with Gasteiger partial charge in [-0.1, -0.05) is 36.4 Å². The molecule has 0 aliphatic rings. The number of anilines is 2. The van der Waals surface area contributed by atoms with Crippen LogP contribution < -0.4 is 11.1 Å². The van der Waals surface area contributed by atoms with Crippen LogP contribution >= 0.6 is 23.2 Å². The minimum absolute atomic E-state index is 0.184. The number of hydrogen-bond donors (Lipinski definition) is 3. The van der Waals surface area contributed by atoms with E-state index in [4.69, 9.17) is 34.0 Å². The molecule has 0 aromatic heterocycles. The monoisotopic (exact) mass is 386 g/mol. The third-order valence-electron chi connectivity index (χ3n) is 2.53. The predicted molar refractivity (Wildman–Crippen MR) is 105 cm³/mol. The predicted octanol–water partition coefficient (Wildman–Crippen LogP) is 4.35. The molecule has 0 aliphatic heterocycles. The summed E-state index contributed by atoms with van der Waals surface area (Å²) in [5.41, 5.74) is 6.49. The number of halogens is 2. The van der Waals surface area contributed by atoms with E-state index in [9.17, 15) is 4.79 Å². The summed E-state index contributed by atoms with van der Waals surface area (Å²) in [7, 11) is 0. The van der Waals surface area contributed by atoms with Crippen LogP contribution in [0.2, 0.25) is 0 Å². The Balaban J connectivity index is 0.000000362. The second-order valence-corrected chi connectivity index (χ2v) is 5.24. The van der Waals surface area contributed by atoms with Gasteiger partial charge in [0.15, 0.2) is 0 Å². The summed E-state index contributed by atoms with van der Waals surface area (Å²) in [6.45, 7) is 1.27. The molecule has 0 saturated carbocycles. The molecule has 0 heterocycles. The number of alkyl halides is 1. The molecule has 7 heteroatoms. The van der Waals surface area contributed by atoms with Gasteiger partial charge in [-0.05, 0) is 30.7 Å². The number of aliphatic hydroxyl groups excluding tert-OH is 1. The normalized spacial score (nSPS) is 8.92. The standard InChI is InChI=1S/C9H13NO.C6H7N.C3H4Cl2O2/c11-8-4-7-10-9-5-2-1-3-6-9;7-6-4-2-1-3-5-6;4-1-2-7-3(5)6/h1-3,5-6,10-11H,4,7-8H2;1-5H,7H2;1-2H2. The number of nitrogens with two attached hydrogens (primary N) is 1. The van der Waals surface area contributed by atoms with Crippen molar-refractivity contribution in [2.24, 2.45) is 0 Å². The van der Waals surface area contributed by atoms with Crippen molar-refractivity contribution < 1.29 is 14.6 Å². The van der Waals surface area contributed by atoms with Crippen LogP contribution in [0.15, 0.2) is 60.7 Å². The molecule has 2 aromatic carbocycles. The van der Waals surface area contributed by atoms with Crippen LogP contribution in [-0.2, 0) is 4.74 Å². The van der Waals surface area contributed by atoms with Crippen LogP contribution in [0, 0.1) is 0 Å². The van der Waals surface area contributed by atoms with E-state index in [1.165, 1.54) is 0 Å². The fourth-order valence-electron chi connectivity index (χ4n) is 1.44. The van der Waals surface area contributed by atoms with E-state index >= 15 is 0 Å². The van der Waals surface area contributed by atoms with Gasteiger partial charge in [0.05, 0.1) is 5.88 Å². The first-order chi connectivity index (χ1) is 12.1. The van der Waals surface area contributed by atoms with E-state index in [-0.39, 0.29) is 13.2 Å². The largest absolute Gasteiger partial charge is 0.452 e. The number of nitrogens with one attached hydrogen (secondary N) is 1. The fraction of sp³-hybridized carbons (Fsp3) is 0.278. The van der Waals surface area contributed by atoms with Crippen molar-refractivity contribution in [1.29, 1.82) is 0 Å². The Hall–Kier alpha value is -1.95. The Labute approximate surface area is 158 Å². The summed E-state index contributed by atoms with van der Waals surface area (Å²) in [6.07, 6.45) is 0.800. The number of ether oxygens (including phenoxy) is 1. The minimum Gasteiger partial charge on any atom is -0.452 e. The first-order valence-corrected chi connectivity index (χ1v) is 8.60. The van der Waals surface area contributed by atoms with Crippen LogP contribution in [0.3, 0.4) is 0 Å². The van der Waals surface area contributed by atoms with E-state index in [1.807, 2.05) is 60.7 Å². The Morgan fingerprint density at radius 1 is 1.08 bits per heavy atom. The molecule has 0 radical (unpaired) electrons. The summed E-state index contributed by atoms with van der Waals surface area (Å²) in [6, 6.07) is 19.5. The molecule has 0 aliphatic carbocycles. The molecule has 0 amide bonds. The molecule has 138 valence electrons. The van der Waals surface area contributed by atoms with Gasteiger partial charge in [-0.2, -0.15) is 0 Å². The number of hydrogen-bond acceptors (Lipinski definition) is 5. The van der Waals surface area contributed by atoms with Gasteiger partial charge in [-0.15, -0.1) is 11.6 Å². The average molecular weight is 387 g/mol. The maximum Gasteiger partial charge on any atom is 0.403 e. The average Bonchev–Trinajstić information content (AvgIpc) is 2.63. The van der Waals surface area contributed by atoms with Crippen LogP contribution in [0.25, 0.3) is 0 Å². The lowest BCUT2D eigenvalue weighted by Gasteiger charge is -2.03. The van der Waals surface area contributed by atoms with E-state index in [0.717, 1.165) is 24.3 Å². The van der Waals surface area contributed by atoms with Gasteiger partial charge in [0, 0.05) is 36.1 Å². The number of aliphatic hydroxyl groups is 1. The second kappa shape index (κ2) is 16.9. The van der Waals surface area contributed by atoms with Gasteiger partial charge < -0.3 is 20.9 Å². The van der Waals surface area contributed by atoms with Crippen LogP contribution in [0.1, 0.15) is 6.42 Å². The molecule has 2 aromatic rings. The number of nitrogen functional groups attached to an aromatic ring is 1. The Morgan fingerprint density at radius 3 is 2.00 bits per heavy atom. The van der Waals surface area contributed by atoms with Crippen molar-refractivity contribution in [3.8, 4) is 0 Å². The third kappa shape index (κ3) is 16.7. The van der Waals surface area contributed by atoms with Gasteiger partial charge in [0.25, 0.3) is 0 Å². The topological polar surface area (TPSA) is 84.6 Å². The van der Waals surface area contributed by atoms with Gasteiger partial charge >= 0.3 is 5.43 Å². The SMILES string of the molecule is Nc1ccccc1.O=C(Cl)OCCCl.OCCCNc1ccccc1.